The Kier molecular flexibility index (Phi) is 4.93. The third kappa shape index (κ3) is 4.23. The summed E-state index contributed by atoms with van der Waals surface area (Å²) in [5.41, 5.74) is -1.15. The number of methoxy groups -OCH3 is 1. The third-order valence-electron chi connectivity index (χ3n) is 2.16. The van der Waals surface area contributed by atoms with E-state index >= 15 is 0 Å². The van der Waals surface area contributed by atoms with E-state index in [1.165, 1.54) is 0 Å². The number of benzene rings is 1. The second-order valence-electron chi connectivity index (χ2n) is 3.45. The molecule has 0 fully saturated rings. The molecule has 1 aromatic rings. The number of rotatable bonds is 3. The van der Waals surface area contributed by atoms with Gasteiger partial charge in [0.2, 0.25) is 0 Å². The Morgan fingerprint density at radius 3 is 2.53 bits per heavy atom. The maximum Gasteiger partial charge on any atom is 0.416 e. The van der Waals surface area contributed by atoms with Gasteiger partial charge < -0.3 is 10.1 Å². The van der Waals surface area contributed by atoms with Gasteiger partial charge in [-0.15, -0.1) is 0 Å². The smallest absolute Gasteiger partial charge is 0.416 e. The summed E-state index contributed by atoms with van der Waals surface area (Å²) in [6.45, 7) is -0.419. The molecule has 0 radical (unpaired) electrons. The number of hydrogen-bond acceptors (Lipinski definition) is 3. The number of alkyl halides is 3. The summed E-state index contributed by atoms with van der Waals surface area (Å²) in [7, 11) is 1.13. The van der Waals surface area contributed by atoms with Crippen molar-refractivity contribution < 1.29 is 27.5 Å². The summed E-state index contributed by atoms with van der Waals surface area (Å²) in [6, 6.07) is 2.67. The molecular weight excluding hydrogens is 331 g/mol. The van der Waals surface area contributed by atoms with Crippen LogP contribution < -0.4 is 5.32 Å². The van der Waals surface area contributed by atoms with Crippen LogP contribution in [0.25, 0.3) is 0 Å². The first-order valence-electron chi connectivity index (χ1n) is 4.97. The van der Waals surface area contributed by atoms with Gasteiger partial charge in [-0.05, 0) is 34.1 Å². The molecule has 19 heavy (non-hydrogen) atoms. The van der Waals surface area contributed by atoms with E-state index in [9.17, 15) is 22.8 Å². The topological polar surface area (TPSA) is 55.4 Å². The largest absolute Gasteiger partial charge is 0.468 e. The van der Waals surface area contributed by atoms with Crippen molar-refractivity contribution in [2.75, 3.05) is 13.7 Å². The van der Waals surface area contributed by atoms with Crippen LogP contribution in [-0.2, 0) is 15.7 Å². The Balaban J connectivity index is 2.93. The number of halogens is 4. The number of hydrogen-bond donors (Lipinski definition) is 1. The van der Waals surface area contributed by atoms with Gasteiger partial charge in [0.1, 0.15) is 6.54 Å². The fraction of sp³-hybridized carbons (Fsp3) is 0.273. The second-order valence-corrected chi connectivity index (χ2v) is 4.31. The first-order chi connectivity index (χ1) is 8.75. The summed E-state index contributed by atoms with van der Waals surface area (Å²) in [4.78, 5) is 22.5. The highest BCUT2D eigenvalue weighted by molar-refractivity contribution is 9.10. The van der Waals surface area contributed by atoms with Gasteiger partial charge in [-0.25, -0.2) is 0 Å². The monoisotopic (exact) mass is 339 g/mol. The fourth-order valence-electron chi connectivity index (χ4n) is 1.20. The predicted octanol–water partition coefficient (Wildman–Crippen LogP) is 2.37. The molecule has 0 atom stereocenters. The standard InChI is InChI=1S/C11H9BrF3NO3/c1-19-9(17)5-16-10(18)7-4-6(11(13,14)15)2-3-8(7)12/h2-4H,5H2,1H3,(H,16,18). The van der Waals surface area contributed by atoms with E-state index in [2.05, 4.69) is 26.0 Å². The molecule has 1 aromatic carbocycles. The molecule has 4 nitrogen and oxygen atoms in total. The third-order valence-corrected chi connectivity index (χ3v) is 2.85. The van der Waals surface area contributed by atoms with Crippen molar-refractivity contribution in [2.45, 2.75) is 6.18 Å². The van der Waals surface area contributed by atoms with Crippen molar-refractivity contribution in [3.05, 3.63) is 33.8 Å². The molecule has 0 saturated carbocycles. The maximum atomic E-state index is 12.5. The minimum absolute atomic E-state index is 0.197. The highest BCUT2D eigenvalue weighted by Gasteiger charge is 2.31. The molecular formula is C11H9BrF3NO3. The highest BCUT2D eigenvalue weighted by Crippen LogP contribution is 2.31. The Hall–Kier alpha value is -1.57. The van der Waals surface area contributed by atoms with Crippen molar-refractivity contribution in [2.24, 2.45) is 0 Å². The predicted molar refractivity (Wildman–Crippen MR) is 63.5 cm³/mol. The van der Waals surface area contributed by atoms with E-state index in [1.807, 2.05) is 0 Å². The van der Waals surface area contributed by atoms with Gasteiger partial charge in [0.15, 0.2) is 0 Å². The molecule has 0 heterocycles. The lowest BCUT2D eigenvalue weighted by molar-refractivity contribution is -0.139. The quantitative estimate of drug-likeness (QED) is 0.860. The average molecular weight is 340 g/mol. The molecule has 0 unspecified atom stereocenters. The number of nitrogens with one attached hydrogen (secondary N) is 1. The van der Waals surface area contributed by atoms with Crippen LogP contribution in [0.2, 0.25) is 0 Å². The molecule has 0 aliphatic rings. The van der Waals surface area contributed by atoms with Crippen LogP contribution in [0.1, 0.15) is 15.9 Å². The van der Waals surface area contributed by atoms with Gasteiger partial charge in [0, 0.05) is 4.47 Å². The van der Waals surface area contributed by atoms with E-state index in [0.717, 1.165) is 19.2 Å². The first-order valence-corrected chi connectivity index (χ1v) is 5.76. The van der Waals surface area contributed by atoms with Gasteiger partial charge in [0.25, 0.3) is 5.91 Å². The SMILES string of the molecule is COC(=O)CNC(=O)c1cc(C(F)(F)F)ccc1Br. The van der Waals surface area contributed by atoms with Crippen LogP contribution >= 0.6 is 15.9 Å². The molecule has 0 aromatic heterocycles. The van der Waals surface area contributed by atoms with Crippen LogP contribution in [0.4, 0.5) is 13.2 Å². The molecule has 104 valence electrons. The minimum Gasteiger partial charge on any atom is -0.468 e. The van der Waals surface area contributed by atoms with Gasteiger partial charge in [0.05, 0.1) is 18.2 Å². The van der Waals surface area contributed by atoms with Crippen molar-refractivity contribution >= 4 is 27.8 Å². The summed E-state index contributed by atoms with van der Waals surface area (Å²) < 4.78 is 42.0. The second kappa shape index (κ2) is 6.05. The Labute approximate surface area is 115 Å². The van der Waals surface area contributed by atoms with Crippen molar-refractivity contribution in [3.8, 4) is 0 Å². The van der Waals surface area contributed by atoms with Crippen LogP contribution in [0.15, 0.2) is 22.7 Å². The number of amides is 1. The molecule has 0 spiro atoms. The Morgan fingerprint density at radius 2 is 2.00 bits per heavy atom. The van der Waals surface area contributed by atoms with E-state index < -0.39 is 30.2 Å². The lowest BCUT2D eigenvalue weighted by atomic mass is 10.1. The summed E-state index contributed by atoms with van der Waals surface area (Å²) >= 11 is 2.98. The lowest BCUT2D eigenvalue weighted by Gasteiger charge is -2.10. The summed E-state index contributed by atoms with van der Waals surface area (Å²) in [5, 5.41) is 2.16. The summed E-state index contributed by atoms with van der Waals surface area (Å²) in [5.74, 6) is -1.50. The van der Waals surface area contributed by atoms with Crippen molar-refractivity contribution in [1.82, 2.24) is 5.32 Å². The van der Waals surface area contributed by atoms with E-state index in [0.29, 0.717) is 6.07 Å². The van der Waals surface area contributed by atoms with Gasteiger partial charge in [-0.3, -0.25) is 9.59 Å². The zero-order valence-electron chi connectivity index (χ0n) is 9.68. The van der Waals surface area contributed by atoms with Gasteiger partial charge in [-0.2, -0.15) is 13.2 Å². The van der Waals surface area contributed by atoms with E-state index in [1.54, 1.807) is 0 Å². The molecule has 1 amide bonds. The van der Waals surface area contributed by atoms with Crippen LogP contribution in [0.5, 0.6) is 0 Å². The van der Waals surface area contributed by atoms with E-state index in [-0.39, 0.29) is 10.0 Å². The number of carbonyl (C=O) groups is 2. The fourth-order valence-corrected chi connectivity index (χ4v) is 1.62. The first kappa shape index (κ1) is 15.5. The number of carbonyl (C=O) groups excluding carboxylic acids is 2. The molecule has 1 rings (SSSR count). The lowest BCUT2D eigenvalue weighted by Crippen LogP contribution is -2.30. The zero-order chi connectivity index (χ0) is 14.6. The molecule has 0 aliphatic carbocycles. The molecule has 0 saturated heterocycles. The number of esters is 1. The normalized spacial score (nSPS) is 11.0. The number of ether oxygens (including phenoxy) is 1. The highest BCUT2D eigenvalue weighted by atomic mass is 79.9. The van der Waals surface area contributed by atoms with Gasteiger partial charge in [-0.1, -0.05) is 0 Å². The van der Waals surface area contributed by atoms with E-state index in [4.69, 9.17) is 0 Å². The molecule has 0 bridgehead atoms. The van der Waals surface area contributed by atoms with Crippen molar-refractivity contribution in [3.63, 3.8) is 0 Å². The van der Waals surface area contributed by atoms with Gasteiger partial charge >= 0.3 is 12.1 Å². The van der Waals surface area contributed by atoms with Crippen LogP contribution in [0, 0.1) is 0 Å². The van der Waals surface area contributed by atoms with Crippen molar-refractivity contribution in [1.29, 1.82) is 0 Å². The Bertz CT molecular complexity index is 502. The van der Waals surface area contributed by atoms with Crippen LogP contribution in [0.3, 0.4) is 0 Å². The van der Waals surface area contributed by atoms with Crippen LogP contribution in [-0.4, -0.2) is 25.5 Å². The molecule has 8 heteroatoms. The zero-order valence-corrected chi connectivity index (χ0v) is 11.3. The minimum atomic E-state index is -4.54. The Morgan fingerprint density at radius 1 is 1.37 bits per heavy atom. The molecule has 0 aliphatic heterocycles. The average Bonchev–Trinajstić information content (AvgIpc) is 2.34. The molecule has 1 N–H and O–H groups in total. The maximum absolute atomic E-state index is 12.5. The summed E-state index contributed by atoms with van der Waals surface area (Å²) in [6.07, 6.45) is -4.54.